The quantitative estimate of drug-likeness (QED) is 0.583. The van der Waals surface area contributed by atoms with E-state index in [4.69, 9.17) is 11.6 Å². The van der Waals surface area contributed by atoms with E-state index in [0.29, 0.717) is 30.5 Å². The molecule has 0 unspecified atom stereocenters. The molecule has 0 amide bonds. The fourth-order valence-corrected chi connectivity index (χ4v) is 2.61. The standard InChI is InChI=1S/C6H12ClNO2S/c7-1-2-8-3-5-11(9,10)6-4-8/h1-6H2. The maximum absolute atomic E-state index is 10.9. The van der Waals surface area contributed by atoms with Crippen molar-refractivity contribution >= 4 is 21.4 Å². The van der Waals surface area contributed by atoms with Crippen LogP contribution in [-0.4, -0.2) is 50.3 Å². The van der Waals surface area contributed by atoms with Gasteiger partial charge in [-0.25, -0.2) is 8.42 Å². The molecule has 0 aromatic heterocycles. The van der Waals surface area contributed by atoms with Crippen LogP contribution in [0.25, 0.3) is 0 Å². The number of nitrogens with zero attached hydrogens (tertiary/aromatic N) is 1. The van der Waals surface area contributed by atoms with Crippen LogP contribution in [0.1, 0.15) is 0 Å². The van der Waals surface area contributed by atoms with Gasteiger partial charge in [0.25, 0.3) is 0 Å². The van der Waals surface area contributed by atoms with E-state index in [1.54, 1.807) is 0 Å². The summed E-state index contributed by atoms with van der Waals surface area (Å²) < 4.78 is 21.9. The topological polar surface area (TPSA) is 37.4 Å². The highest BCUT2D eigenvalue weighted by Crippen LogP contribution is 2.02. The Balaban J connectivity index is 2.36. The van der Waals surface area contributed by atoms with Crippen molar-refractivity contribution in [3.8, 4) is 0 Å². The minimum Gasteiger partial charge on any atom is -0.300 e. The van der Waals surface area contributed by atoms with E-state index in [1.807, 2.05) is 0 Å². The first-order chi connectivity index (χ1) is 5.14. The van der Waals surface area contributed by atoms with Crippen molar-refractivity contribution in [2.24, 2.45) is 0 Å². The maximum atomic E-state index is 10.9. The average Bonchev–Trinajstić information content (AvgIpc) is 1.94. The van der Waals surface area contributed by atoms with Gasteiger partial charge >= 0.3 is 0 Å². The first kappa shape index (κ1) is 9.29. The van der Waals surface area contributed by atoms with Crippen LogP contribution in [-0.2, 0) is 9.84 Å². The first-order valence-electron chi connectivity index (χ1n) is 3.63. The number of sulfone groups is 1. The van der Waals surface area contributed by atoms with Crippen molar-refractivity contribution in [3.63, 3.8) is 0 Å². The van der Waals surface area contributed by atoms with Crippen LogP contribution in [0.15, 0.2) is 0 Å². The second-order valence-corrected chi connectivity index (χ2v) is 5.36. The molecule has 66 valence electrons. The second kappa shape index (κ2) is 3.74. The lowest BCUT2D eigenvalue weighted by Gasteiger charge is -2.25. The largest absolute Gasteiger partial charge is 0.300 e. The summed E-state index contributed by atoms with van der Waals surface area (Å²) in [6, 6.07) is 0. The number of rotatable bonds is 2. The molecule has 0 atom stereocenters. The van der Waals surface area contributed by atoms with Crippen LogP contribution >= 0.6 is 11.6 Å². The molecule has 0 radical (unpaired) electrons. The van der Waals surface area contributed by atoms with Crippen molar-refractivity contribution in [3.05, 3.63) is 0 Å². The Bertz CT molecular complexity index is 201. The summed E-state index contributed by atoms with van der Waals surface area (Å²) in [6.45, 7) is 2.10. The predicted octanol–water partition coefficient (Wildman–Crippen LogP) is -0.0444. The molecule has 0 aromatic rings. The Morgan fingerprint density at radius 2 is 1.82 bits per heavy atom. The highest BCUT2D eigenvalue weighted by molar-refractivity contribution is 7.91. The zero-order valence-corrected chi connectivity index (χ0v) is 7.86. The van der Waals surface area contributed by atoms with Gasteiger partial charge in [-0.2, -0.15) is 0 Å². The highest BCUT2D eigenvalue weighted by Gasteiger charge is 2.20. The van der Waals surface area contributed by atoms with Gasteiger partial charge < -0.3 is 4.90 Å². The van der Waals surface area contributed by atoms with E-state index in [2.05, 4.69) is 4.90 Å². The van der Waals surface area contributed by atoms with Gasteiger partial charge in [0.2, 0.25) is 0 Å². The molecule has 5 heteroatoms. The van der Waals surface area contributed by atoms with Crippen LogP contribution in [0.3, 0.4) is 0 Å². The highest BCUT2D eigenvalue weighted by atomic mass is 35.5. The van der Waals surface area contributed by atoms with Gasteiger partial charge in [-0.15, -0.1) is 11.6 Å². The molecular formula is C6H12ClNO2S. The molecule has 1 heterocycles. The third kappa shape index (κ3) is 2.97. The molecule has 0 saturated carbocycles. The van der Waals surface area contributed by atoms with E-state index in [1.165, 1.54) is 0 Å². The molecule has 0 aromatic carbocycles. The Hall–Kier alpha value is 0.200. The molecule has 1 fully saturated rings. The van der Waals surface area contributed by atoms with Gasteiger partial charge in [-0.3, -0.25) is 0 Å². The zero-order valence-electron chi connectivity index (χ0n) is 6.29. The third-order valence-electron chi connectivity index (χ3n) is 1.84. The van der Waals surface area contributed by atoms with E-state index < -0.39 is 9.84 Å². The average molecular weight is 198 g/mol. The summed E-state index contributed by atoms with van der Waals surface area (Å²) in [4.78, 5) is 2.08. The Labute approximate surface area is 72.2 Å². The molecular weight excluding hydrogens is 186 g/mol. The molecule has 11 heavy (non-hydrogen) atoms. The molecule has 3 nitrogen and oxygen atoms in total. The fraction of sp³-hybridized carbons (Fsp3) is 1.00. The lowest BCUT2D eigenvalue weighted by molar-refractivity contribution is 0.313. The Morgan fingerprint density at radius 3 is 2.27 bits per heavy atom. The minimum absolute atomic E-state index is 0.296. The minimum atomic E-state index is -2.72. The molecule has 1 aliphatic heterocycles. The first-order valence-corrected chi connectivity index (χ1v) is 5.98. The normalized spacial score (nSPS) is 25.2. The summed E-state index contributed by atoms with van der Waals surface area (Å²) in [5.41, 5.74) is 0. The lowest BCUT2D eigenvalue weighted by Crippen LogP contribution is -2.41. The smallest absolute Gasteiger partial charge is 0.152 e. The van der Waals surface area contributed by atoms with E-state index in [0.717, 1.165) is 6.54 Å². The van der Waals surface area contributed by atoms with Crippen LogP contribution in [0.4, 0.5) is 0 Å². The van der Waals surface area contributed by atoms with Gasteiger partial charge in [0, 0.05) is 25.5 Å². The number of hydrogen-bond acceptors (Lipinski definition) is 3. The molecule has 1 rings (SSSR count). The summed E-state index contributed by atoms with van der Waals surface area (Å²) in [5, 5.41) is 0. The molecule has 0 spiro atoms. The van der Waals surface area contributed by atoms with Gasteiger partial charge in [-0.1, -0.05) is 0 Å². The number of hydrogen-bond donors (Lipinski definition) is 0. The zero-order chi connectivity index (χ0) is 8.32. The van der Waals surface area contributed by atoms with Crippen LogP contribution in [0.5, 0.6) is 0 Å². The van der Waals surface area contributed by atoms with Crippen LogP contribution in [0, 0.1) is 0 Å². The molecule has 1 saturated heterocycles. The molecule has 0 aliphatic carbocycles. The van der Waals surface area contributed by atoms with Crippen molar-refractivity contribution < 1.29 is 8.42 Å². The van der Waals surface area contributed by atoms with Gasteiger partial charge in [0.15, 0.2) is 9.84 Å². The monoisotopic (exact) mass is 197 g/mol. The fourth-order valence-electron chi connectivity index (χ4n) is 1.09. The molecule has 1 aliphatic rings. The SMILES string of the molecule is O=S1(=O)CCN(CCCl)CC1. The predicted molar refractivity (Wildman–Crippen MR) is 45.8 cm³/mol. The van der Waals surface area contributed by atoms with Crippen molar-refractivity contribution in [2.75, 3.05) is 37.0 Å². The third-order valence-corrected chi connectivity index (χ3v) is 3.62. The van der Waals surface area contributed by atoms with E-state index in [-0.39, 0.29) is 0 Å². The summed E-state index contributed by atoms with van der Waals surface area (Å²) in [6.07, 6.45) is 0. The van der Waals surface area contributed by atoms with Crippen LogP contribution in [0.2, 0.25) is 0 Å². The van der Waals surface area contributed by atoms with Crippen molar-refractivity contribution in [1.29, 1.82) is 0 Å². The van der Waals surface area contributed by atoms with Crippen molar-refractivity contribution in [2.45, 2.75) is 0 Å². The second-order valence-electron chi connectivity index (χ2n) is 2.68. The number of alkyl halides is 1. The molecule has 0 N–H and O–H groups in total. The Morgan fingerprint density at radius 1 is 1.27 bits per heavy atom. The van der Waals surface area contributed by atoms with Crippen molar-refractivity contribution in [1.82, 2.24) is 4.90 Å². The number of halogens is 1. The maximum Gasteiger partial charge on any atom is 0.152 e. The van der Waals surface area contributed by atoms with E-state index >= 15 is 0 Å². The molecule has 0 bridgehead atoms. The van der Waals surface area contributed by atoms with Gasteiger partial charge in [0.05, 0.1) is 11.5 Å². The van der Waals surface area contributed by atoms with Gasteiger partial charge in [-0.05, 0) is 0 Å². The van der Waals surface area contributed by atoms with E-state index in [9.17, 15) is 8.42 Å². The lowest BCUT2D eigenvalue weighted by atomic mass is 10.5. The van der Waals surface area contributed by atoms with Crippen LogP contribution < -0.4 is 0 Å². The Kier molecular flexibility index (Phi) is 3.16. The summed E-state index contributed by atoms with van der Waals surface area (Å²) >= 11 is 5.51. The summed E-state index contributed by atoms with van der Waals surface area (Å²) in [5.74, 6) is 1.17. The summed E-state index contributed by atoms with van der Waals surface area (Å²) in [7, 11) is -2.72. The van der Waals surface area contributed by atoms with Gasteiger partial charge in [0.1, 0.15) is 0 Å².